The summed E-state index contributed by atoms with van der Waals surface area (Å²) in [5.41, 5.74) is 2.15. The van der Waals surface area contributed by atoms with E-state index in [0.29, 0.717) is 30.2 Å². The lowest BCUT2D eigenvalue weighted by Crippen LogP contribution is -2.32. The van der Waals surface area contributed by atoms with Gasteiger partial charge in [-0.05, 0) is 81.9 Å². The van der Waals surface area contributed by atoms with Gasteiger partial charge in [0.2, 0.25) is 0 Å². The van der Waals surface area contributed by atoms with E-state index in [1.165, 1.54) is 0 Å². The van der Waals surface area contributed by atoms with Gasteiger partial charge in [-0.25, -0.2) is 0 Å². The third-order valence-electron chi connectivity index (χ3n) is 5.93. The van der Waals surface area contributed by atoms with Crippen LogP contribution in [0.15, 0.2) is 48.0 Å². The molecule has 2 aromatic carbocycles. The molecule has 1 N–H and O–H groups in total. The Morgan fingerprint density at radius 3 is 2.44 bits per heavy atom. The number of aliphatic hydroxyl groups is 1. The lowest BCUT2D eigenvalue weighted by atomic mass is 9.94. The minimum Gasteiger partial charge on any atom is -0.507 e. The van der Waals surface area contributed by atoms with Crippen LogP contribution < -0.4 is 4.74 Å². The fraction of sp³-hybridized carbons (Fsp3) is 0.407. The molecule has 0 unspecified atom stereocenters. The maximum absolute atomic E-state index is 13.1. The number of carbonyl (C=O) groups excluding carboxylic acids is 2. The zero-order chi connectivity index (χ0) is 24.8. The van der Waals surface area contributed by atoms with Crippen molar-refractivity contribution in [1.82, 2.24) is 9.80 Å². The number of ketones is 1. The van der Waals surface area contributed by atoms with Gasteiger partial charge in [-0.1, -0.05) is 37.1 Å². The van der Waals surface area contributed by atoms with Crippen molar-refractivity contribution in [2.75, 3.05) is 33.8 Å². The lowest BCUT2D eigenvalue weighted by Gasteiger charge is -2.26. The fourth-order valence-electron chi connectivity index (χ4n) is 4.10. The van der Waals surface area contributed by atoms with Crippen LogP contribution in [0.4, 0.5) is 0 Å². The van der Waals surface area contributed by atoms with E-state index in [2.05, 4.69) is 6.92 Å². The Labute approximate surface area is 206 Å². The Hall–Kier alpha value is -2.83. The second kappa shape index (κ2) is 11.5. The van der Waals surface area contributed by atoms with Crippen LogP contribution in [0.1, 0.15) is 48.9 Å². The maximum Gasteiger partial charge on any atom is 0.295 e. The average Bonchev–Trinajstić information content (AvgIpc) is 3.05. The molecule has 0 aromatic heterocycles. The van der Waals surface area contributed by atoms with Gasteiger partial charge in [0.05, 0.1) is 18.2 Å². The van der Waals surface area contributed by atoms with Crippen LogP contribution in [0.3, 0.4) is 0 Å². The first-order chi connectivity index (χ1) is 16.2. The average molecular weight is 485 g/mol. The number of hydrogen-bond donors (Lipinski definition) is 1. The molecule has 182 valence electrons. The molecule has 0 bridgehead atoms. The van der Waals surface area contributed by atoms with Crippen molar-refractivity contribution in [3.05, 3.63) is 69.8 Å². The summed E-state index contributed by atoms with van der Waals surface area (Å²) in [6.07, 6.45) is 2.70. The number of amides is 1. The largest absolute Gasteiger partial charge is 0.507 e. The Morgan fingerprint density at radius 1 is 1.12 bits per heavy atom. The van der Waals surface area contributed by atoms with Gasteiger partial charge < -0.3 is 19.6 Å². The molecule has 0 radical (unpaired) electrons. The smallest absolute Gasteiger partial charge is 0.295 e. The lowest BCUT2D eigenvalue weighted by molar-refractivity contribution is -0.139. The zero-order valence-corrected chi connectivity index (χ0v) is 21.1. The molecule has 0 aliphatic carbocycles. The maximum atomic E-state index is 13.1. The summed E-state index contributed by atoms with van der Waals surface area (Å²) in [7, 11) is 3.92. The molecule has 1 saturated heterocycles. The number of carbonyl (C=O) groups is 2. The highest BCUT2D eigenvalue weighted by atomic mass is 35.5. The standard InChI is InChI=1S/C27H33ClN2O4/c1-5-6-16-34-22-13-10-20(17-18(22)2)25(31)23-24(19-8-11-21(28)12-9-19)30(27(33)26(23)32)15-7-14-29(3)4/h8-13,17,24,31H,5-7,14-16H2,1-4H3/t24-/m0/s1. The normalized spacial score (nSPS) is 17.6. The van der Waals surface area contributed by atoms with Gasteiger partial charge in [-0.15, -0.1) is 0 Å². The van der Waals surface area contributed by atoms with E-state index in [1.54, 1.807) is 47.4 Å². The van der Waals surface area contributed by atoms with Crippen molar-refractivity contribution in [3.8, 4) is 5.75 Å². The summed E-state index contributed by atoms with van der Waals surface area (Å²) < 4.78 is 5.81. The highest BCUT2D eigenvalue weighted by Crippen LogP contribution is 2.40. The molecule has 1 atom stereocenters. The van der Waals surface area contributed by atoms with Crippen LogP contribution >= 0.6 is 11.6 Å². The Kier molecular flexibility index (Phi) is 8.75. The number of hydrogen-bond acceptors (Lipinski definition) is 5. The summed E-state index contributed by atoms with van der Waals surface area (Å²) in [6, 6.07) is 11.7. The monoisotopic (exact) mass is 484 g/mol. The van der Waals surface area contributed by atoms with Gasteiger partial charge in [0.25, 0.3) is 11.7 Å². The van der Waals surface area contributed by atoms with Crippen LogP contribution in [0.2, 0.25) is 5.02 Å². The van der Waals surface area contributed by atoms with E-state index in [9.17, 15) is 14.7 Å². The second-order valence-electron chi connectivity index (χ2n) is 8.88. The number of aryl methyl sites for hydroxylation is 1. The molecule has 1 aliphatic rings. The number of benzene rings is 2. The van der Waals surface area contributed by atoms with Crippen LogP contribution in [-0.4, -0.2) is 60.4 Å². The molecule has 34 heavy (non-hydrogen) atoms. The van der Waals surface area contributed by atoms with Gasteiger partial charge in [-0.2, -0.15) is 0 Å². The first kappa shape index (κ1) is 25.8. The van der Waals surface area contributed by atoms with Gasteiger partial charge in [-0.3, -0.25) is 9.59 Å². The number of likely N-dealkylation sites (tertiary alicyclic amines) is 1. The minimum atomic E-state index is -0.680. The molecule has 1 fully saturated rings. The van der Waals surface area contributed by atoms with Crippen LogP contribution in [0.25, 0.3) is 5.76 Å². The summed E-state index contributed by atoms with van der Waals surface area (Å²) in [5.74, 6) is -0.722. The molecule has 0 saturated carbocycles. The van der Waals surface area contributed by atoms with Crippen molar-refractivity contribution in [2.24, 2.45) is 0 Å². The molecular weight excluding hydrogens is 452 g/mol. The SMILES string of the molecule is CCCCOc1ccc(C(O)=C2C(=O)C(=O)N(CCCN(C)C)[C@H]2c2ccc(Cl)cc2)cc1C. The Bertz CT molecular complexity index is 1060. The molecule has 0 spiro atoms. The predicted octanol–water partition coefficient (Wildman–Crippen LogP) is 5.20. The number of nitrogens with zero attached hydrogens (tertiary/aromatic N) is 2. The van der Waals surface area contributed by atoms with Crippen molar-refractivity contribution in [3.63, 3.8) is 0 Å². The highest BCUT2D eigenvalue weighted by Gasteiger charge is 2.45. The molecule has 1 aliphatic heterocycles. The zero-order valence-electron chi connectivity index (χ0n) is 20.3. The van der Waals surface area contributed by atoms with Crippen LogP contribution in [-0.2, 0) is 9.59 Å². The number of Topliss-reactive ketones (excluding diaryl/α,β-unsaturated/α-hetero) is 1. The molecule has 1 heterocycles. The van der Waals surface area contributed by atoms with Crippen LogP contribution in [0.5, 0.6) is 5.75 Å². The molecular formula is C27H33ClN2O4. The van der Waals surface area contributed by atoms with Crippen molar-refractivity contribution < 1.29 is 19.4 Å². The topological polar surface area (TPSA) is 70.1 Å². The second-order valence-corrected chi connectivity index (χ2v) is 9.32. The number of ether oxygens (including phenoxy) is 1. The van der Waals surface area contributed by atoms with E-state index >= 15 is 0 Å². The molecule has 6 nitrogen and oxygen atoms in total. The van der Waals surface area contributed by atoms with Gasteiger partial charge in [0.1, 0.15) is 11.5 Å². The molecule has 1 amide bonds. The Balaban J connectivity index is 2.02. The van der Waals surface area contributed by atoms with E-state index in [-0.39, 0.29) is 11.3 Å². The van der Waals surface area contributed by atoms with E-state index < -0.39 is 17.7 Å². The summed E-state index contributed by atoms with van der Waals surface area (Å²) in [5, 5.41) is 11.8. The molecule has 3 rings (SSSR count). The quantitative estimate of drug-likeness (QED) is 0.217. The minimum absolute atomic E-state index is 0.0937. The number of halogens is 1. The molecule has 2 aromatic rings. The molecule has 7 heteroatoms. The predicted molar refractivity (Wildman–Crippen MR) is 135 cm³/mol. The van der Waals surface area contributed by atoms with Gasteiger partial charge >= 0.3 is 0 Å². The van der Waals surface area contributed by atoms with Gasteiger partial charge in [0, 0.05) is 17.1 Å². The van der Waals surface area contributed by atoms with Crippen molar-refractivity contribution in [2.45, 2.75) is 39.2 Å². The number of unbranched alkanes of at least 4 members (excludes halogenated alkanes) is 1. The summed E-state index contributed by atoms with van der Waals surface area (Å²) in [6.45, 7) is 5.79. The van der Waals surface area contributed by atoms with E-state index in [1.807, 2.05) is 25.9 Å². The first-order valence-corrected chi connectivity index (χ1v) is 12.0. The Morgan fingerprint density at radius 2 is 1.82 bits per heavy atom. The van der Waals surface area contributed by atoms with E-state index in [0.717, 1.165) is 36.3 Å². The first-order valence-electron chi connectivity index (χ1n) is 11.7. The van der Waals surface area contributed by atoms with E-state index in [4.69, 9.17) is 16.3 Å². The van der Waals surface area contributed by atoms with Crippen LogP contribution in [0, 0.1) is 6.92 Å². The summed E-state index contributed by atoms with van der Waals surface area (Å²) >= 11 is 6.08. The summed E-state index contributed by atoms with van der Waals surface area (Å²) in [4.78, 5) is 29.7. The fourth-order valence-corrected chi connectivity index (χ4v) is 4.23. The third-order valence-corrected chi connectivity index (χ3v) is 6.19. The van der Waals surface area contributed by atoms with Gasteiger partial charge in [0.15, 0.2) is 0 Å². The highest BCUT2D eigenvalue weighted by molar-refractivity contribution is 6.46. The van der Waals surface area contributed by atoms with Crippen molar-refractivity contribution >= 4 is 29.1 Å². The van der Waals surface area contributed by atoms with Crippen molar-refractivity contribution in [1.29, 1.82) is 0 Å². The third kappa shape index (κ3) is 5.80. The number of aliphatic hydroxyl groups excluding tert-OH is 1. The number of rotatable bonds is 10.